The van der Waals surface area contributed by atoms with E-state index in [1.165, 1.54) is 0 Å². The highest BCUT2D eigenvalue weighted by molar-refractivity contribution is 5.92. The Morgan fingerprint density at radius 2 is 2.00 bits per heavy atom. The van der Waals surface area contributed by atoms with Gasteiger partial charge in [0, 0.05) is 23.8 Å². The van der Waals surface area contributed by atoms with Crippen molar-refractivity contribution < 1.29 is 4.79 Å². The number of hydrogen-bond acceptors (Lipinski definition) is 3. The maximum Gasteiger partial charge on any atom is 0.224 e. The van der Waals surface area contributed by atoms with Crippen LogP contribution >= 0.6 is 0 Å². The Labute approximate surface area is 128 Å². The average molecular weight is 291 g/mol. The van der Waals surface area contributed by atoms with Gasteiger partial charge in [0.2, 0.25) is 5.91 Å². The zero-order valence-corrected chi connectivity index (χ0v) is 13.9. The molecule has 118 valence electrons. The fraction of sp³-hybridized carbons (Fsp3) is 0.588. The predicted octanol–water partition coefficient (Wildman–Crippen LogP) is 3.27. The summed E-state index contributed by atoms with van der Waals surface area (Å²) in [6.07, 6.45) is 1.39. The van der Waals surface area contributed by atoms with Gasteiger partial charge in [-0.1, -0.05) is 19.9 Å². The first kappa shape index (κ1) is 17.5. The van der Waals surface area contributed by atoms with Gasteiger partial charge in [0.05, 0.1) is 0 Å². The van der Waals surface area contributed by atoms with E-state index in [0.717, 1.165) is 24.2 Å². The molecular formula is C17H29N3O. The van der Waals surface area contributed by atoms with Gasteiger partial charge in [-0.05, 0) is 57.5 Å². The Morgan fingerprint density at radius 3 is 2.62 bits per heavy atom. The lowest BCUT2D eigenvalue weighted by molar-refractivity contribution is -0.116. The van der Waals surface area contributed by atoms with Gasteiger partial charge in [-0.3, -0.25) is 4.79 Å². The Morgan fingerprint density at radius 1 is 1.33 bits per heavy atom. The van der Waals surface area contributed by atoms with Crippen molar-refractivity contribution in [3.8, 4) is 0 Å². The summed E-state index contributed by atoms with van der Waals surface area (Å²) in [5.41, 5.74) is 8.28. The van der Waals surface area contributed by atoms with E-state index in [9.17, 15) is 4.79 Å². The van der Waals surface area contributed by atoms with Gasteiger partial charge in [-0.15, -0.1) is 0 Å². The van der Waals surface area contributed by atoms with Crippen molar-refractivity contribution >= 4 is 17.3 Å². The summed E-state index contributed by atoms with van der Waals surface area (Å²) in [6, 6.07) is 6.11. The summed E-state index contributed by atoms with van der Waals surface area (Å²) >= 11 is 0. The van der Waals surface area contributed by atoms with Crippen LogP contribution in [-0.4, -0.2) is 30.4 Å². The SMILES string of the molecule is Cc1c(N)cccc1NC(=O)CCCN(C)C(C)C(C)C. The molecule has 21 heavy (non-hydrogen) atoms. The highest BCUT2D eigenvalue weighted by atomic mass is 16.1. The molecule has 1 rings (SSSR count). The third kappa shape index (κ3) is 5.38. The van der Waals surface area contributed by atoms with Crippen molar-refractivity contribution in [2.45, 2.75) is 46.6 Å². The van der Waals surface area contributed by atoms with Crippen molar-refractivity contribution in [3.63, 3.8) is 0 Å². The molecule has 4 heteroatoms. The summed E-state index contributed by atoms with van der Waals surface area (Å²) in [4.78, 5) is 14.3. The zero-order valence-electron chi connectivity index (χ0n) is 13.9. The fourth-order valence-corrected chi connectivity index (χ4v) is 2.20. The number of hydrogen-bond donors (Lipinski definition) is 2. The number of carbonyl (C=O) groups is 1. The van der Waals surface area contributed by atoms with Gasteiger partial charge in [0.25, 0.3) is 0 Å². The second-order valence-corrected chi connectivity index (χ2v) is 6.14. The van der Waals surface area contributed by atoms with Crippen molar-refractivity contribution in [1.82, 2.24) is 4.90 Å². The topological polar surface area (TPSA) is 58.4 Å². The van der Waals surface area contributed by atoms with Crippen LogP contribution in [0.3, 0.4) is 0 Å². The van der Waals surface area contributed by atoms with Crippen LogP contribution in [0.25, 0.3) is 0 Å². The van der Waals surface area contributed by atoms with Crippen LogP contribution in [0.4, 0.5) is 11.4 Å². The number of carbonyl (C=O) groups excluding carboxylic acids is 1. The summed E-state index contributed by atoms with van der Waals surface area (Å²) in [6.45, 7) is 9.51. The standard InChI is InChI=1S/C17H29N3O/c1-12(2)14(4)20(5)11-7-10-17(21)19-16-9-6-8-15(18)13(16)3/h6,8-9,12,14H,7,10-11,18H2,1-5H3,(H,19,21). The number of rotatable bonds is 7. The minimum Gasteiger partial charge on any atom is -0.398 e. The maximum atomic E-state index is 12.0. The quantitative estimate of drug-likeness (QED) is 0.758. The second kappa shape index (κ2) is 8.03. The molecule has 0 bridgehead atoms. The number of nitrogens with zero attached hydrogens (tertiary/aromatic N) is 1. The molecule has 4 nitrogen and oxygen atoms in total. The molecule has 1 unspecified atom stereocenters. The van der Waals surface area contributed by atoms with E-state index >= 15 is 0 Å². The van der Waals surface area contributed by atoms with E-state index in [1.807, 2.05) is 25.1 Å². The van der Waals surface area contributed by atoms with Gasteiger partial charge < -0.3 is 16.0 Å². The molecule has 3 N–H and O–H groups in total. The van der Waals surface area contributed by atoms with E-state index in [1.54, 1.807) is 0 Å². The molecule has 0 aliphatic carbocycles. The molecule has 0 aliphatic heterocycles. The maximum absolute atomic E-state index is 12.0. The number of anilines is 2. The number of amides is 1. The molecule has 0 heterocycles. The monoisotopic (exact) mass is 291 g/mol. The highest BCUT2D eigenvalue weighted by Crippen LogP contribution is 2.20. The van der Waals surface area contributed by atoms with Crippen molar-refractivity contribution in [1.29, 1.82) is 0 Å². The molecule has 1 atom stereocenters. The van der Waals surface area contributed by atoms with Gasteiger partial charge in [-0.2, -0.15) is 0 Å². The Balaban J connectivity index is 2.40. The Kier molecular flexibility index (Phi) is 6.69. The van der Waals surface area contributed by atoms with Crippen LogP contribution in [0.5, 0.6) is 0 Å². The molecule has 0 saturated heterocycles. The van der Waals surface area contributed by atoms with E-state index in [0.29, 0.717) is 24.1 Å². The molecule has 1 aromatic carbocycles. The van der Waals surface area contributed by atoms with Crippen LogP contribution in [-0.2, 0) is 4.79 Å². The van der Waals surface area contributed by atoms with E-state index in [4.69, 9.17) is 5.73 Å². The number of nitrogen functional groups attached to an aromatic ring is 1. The lowest BCUT2D eigenvalue weighted by Gasteiger charge is -2.27. The molecule has 0 aromatic heterocycles. The molecule has 0 radical (unpaired) electrons. The molecular weight excluding hydrogens is 262 g/mol. The number of nitrogens with one attached hydrogen (secondary N) is 1. The van der Waals surface area contributed by atoms with E-state index in [-0.39, 0.29) is 5.91 Å². The Bertz CT molecular complexity index is 471. The third-order valence-corrected chi connectivity index (χ3v) is 4.22. The summed E-state index contributed by atoms with van der Waals surface area (Å²) in [7, 11) is 2.12. The molecule has 0 spiro atoms. The smallest absolute Gasteiger partial charge is 0.224 e. The average Bonchev–Trinajstić information content (AvgIpc) is 2.42. The second-order valence-electron chi connectivity index (χ2n) is 6.14. The van der Waals surface area contributed by atoms with E-state index in [2.05, 4.69) is 38.0 Å². The number of nitrogens with two attached hydrogens (primary N) is 1. The molecule has 0 saturated carbocycles. The van der Waals surface area contributed by atoms with Crippen molar-refractivity contribution in [2.24, 2.45) is 5.92 Å². The predicted molar refractivity (Wildman–Crippen MR) is 90.4 cm³/mol. The zero-order chi connectivity index (χ0) is 16.0. The van der Waals surface area contributed by atoms with Gasteiger partial charge in [-0.25, -0.2) is 0 Å². The molecule has 1 aromatic rings. The summed E-state index contributed by atoms with van der Waals surface area (Å²) in [5.74, 6) is 0.674. The van der Waals surface area contributed by atoms with Crippen molar-refractivity contribution in [3.05, 3.63) is 23.8 Å². The first-order valence-electron chi connectivity index (χ1n) is 7.68. The lowest BCUT2D eigenvalue weighted by atomic mass is 10.1. The first-order valence-corrected chi connectivity index (χ1v) is 7.68. The van der Waals surface area contributed by atoms with Crippen LogP contribution in [0.15, 0.2) is 18.2 Å². The number of benzene rings is 1. The van der Waals surface area contributed by atoms with Crippen LogP contribution < -0.4 is 11.1 Å². The van der Waals surface area contributed by atoms with Crippen LogP contribution in [0.2, 0.25) is 0 Å². The fourth-order valence-electron chi connectivity index (χ4n) is 2.20. The molecule has 1 amide bonds. The largest absolute Gasteiger partial charge is 0.398 e. The highest BCUT2D eigenvalue weighted by Gasteiger charge is 2.13. The minimum absolute atomic E-state index is 0.0503. The summed E-state index contributed by atoms with van der Waals surface area (Å²) in [5, 5.41) is 2.94. The third-order valence-electron chi connectivity index (χ3n) is 4.22. The molecule has 0 fully saturated rings. The van der Waals surface area contributed by atoms with Crippen LogP contribution in [0, 0.1) is 12.8 Å². The Hall–Kier alpha value is -1.55. The summed E-state index contributed by atoms with van der Waals surface area (Å²) < 4.78 is 0. The van der Waals surface area contributed by atoms with Gasteiger partial charge >= 0.3 is 0 Å². The minimum atomic E-state index is 0.0503. The van der Waals surface area contributed by atoms with Crippen molar-refractivity contribution in [2.75, 3.05) is 24.6 Å². The normalized spacial score (nSPS) is 12.7. The van der Waals surface area contributed by atoms with Gasteiger partial charge in [0.1, 0.15) is 0 Å². The van der Waals surface area contributed by atoms with Gasteiger partial charge in [0.15, 0.2) is 0 Å². The lowest BCUT2D eigenvalue weighted by Crippen LogP contribution is -2.34. The molecule has 0 aliphatic rings. The van der Waals surface area contributed by atoms with Crippen LogP contribution in [0.1, 0.15) is 39.2 Å². The van der Waals surface area contributed by atoms with E-state index < -0.39 is 0 Å². The first-order chi connectivity index (χ1) is 9.82.